The predicted molar refractivity (Wildman–Crippen MR) is 58.5 cm³/mol. The van der Waals surface area contributed by atoms with Crippen LogP contribution in [0.5, 0.6) is 0 Å². The molecule has 0 spiro atoms. The molecule has 0 saturated carbocycles. The number of aliphatic hydroxyl groups excluding tert-OH is 3. The molecule has 0 bridgehead atoms. The normalized spacial score (nSPS) is 11.1. The Kier molecular flexibility index (Phi) is 24.4. The van der Waals surface area contributed by atoms with Crippen molar-refractivity contribution in [3.63, 3.8) is 0 Å². The van der Waals surface area contributed by atoms with Crippen molar-refractivity contribution in [2.45, 2.75) is 20.8 Å². The lowest BCUT2D eigenvalue weighted by atomic mass is 10.6. The second-order valence-electron chi connectivity index (χ2n) is 2.02. The molecule has 0 saturated heterocycles. The first-order chi connectivity index (χ1) is 7.53. The number of esters is 2. The van der Waals surface area contributed by atoms with Gasteiger partial charge in [-0.05, 0) is 20.8 Å². The van der Waals surface area contributed by atoms with E-state index in [0.29, 0.717) is 0 Å². The molecule has 0 radical (unpaired) electrons. The SMILES string of the molecule is CCO.CCO.CCO.O=C1C=CC(=O)O1. The number of carbonyl (C=O) groups is 2. The third-order valence-corrected chi connectivity index (χ3v) is 0.557. The lowest BCUT2D eigenvalue weighted by Crippen LogP contribution is -1.96. The van der Waals surface area contributed by atoms with Crippen LogP contribution in [0.15, 0.2) is 12.2 Å². The van der Waals surface area contributed by atoms with Crippen molar-refractivity contribution in [2.24, 2.45) is 0 Å². The van der Waals surface area contributed by atoms with Gasteiger partial charge in [-0.15, -0.1) is 0 Å². The van der Waals surface area contributed by atoms with Crippen molar-refractivity contribution in [1.29, 1.82) is 0 Å². The molecule has 0 aromatic heterocycles. The van der Waals surface area contributed by atoms with Crippen molar-refractivity contribution in [3.8, 4) is 0 Å². The highest BCUT2D eigenvalue weighted by Crippen LogP contribution is 1.92. The average molecular weight is 236 g/mol. The second kappa shape index (κ2) is 19.4. The minimum Gasteiger partial charge on any atom is -0.397 e. The van der Waals surface area contributed by atoms with Crippen molar-refractivity contribution in [2.75, 3.05) is 19.8 Å². The van der Waals surface area contributed by atoms with Crippen LogP contribution in [0, 0.1) is 0 Å². The Hall–Kier alpha value is -1.24. The molecule has 3 N–H and O–H groups in total. The zero-order valence-electron chi connectivity index (χ0n) is 9.84. The highest BCUT2D eigenvalue weighted by molar-refractivity contribution is 6.04. The van der Waals surface area contributed by atoms with Crippen LogP contribution in [0.3, 0.4) is 0 Å². The van der Waals surface area contributed by atoms with Crippen molar-refractivity contribution >= 4 is 11.9 Å². The largest absolute Gasteiger partial charge is 0.397 e. The molecule has 0 aromatic carbocycles. The fraction of sp³-hybridized carbons (Fsp3) is 0.600. The zero-order valence-corrected chi connectivity index (χ0v) is 9.84. The molecule has 1 heterocycles. The number of rotatable bonds is 0. The van der Waals surface area contributed by atoms with Gasteiger partial charge in [-0.25, -0.2) is 9.59 Å². The number of carbonyl (C=O) groups excluding carboxylic acids is 2. The predicted octanol–water partition coefficient (Wildman–Crippen LogP) is -0.378. The average Bonchev–Trinajstić information content (AvgIpc) is 2.54. The van der Waals surface area contributed by atoms with Gasteiger partial charge in [0.15, 0.2) is 0 Å². The van der Waals surface area contributed by atoms with E-state index in [1.165, 1.54) is 0 Å². The Bertz CT molecular complexity index is 167. The maximum absolute atomic E-state index is 9.92. The molecule has 0 aliphatic carbocycles. The fourth-order valence-corrected chi connectivity index (χ4v) is 0.303. The number of aliphatic hydroxyl groups is 3. The number of hydrogen-bond donors (Lipinski definition) is 3. The van der Waals surface area contributed by atoms with Crippen LogP contribution in [0.25, 0.3) is 0 Å². The van der Waals surface area contributed by atoms with Gasteiger partial charge in [0.25, 0.3) is 0 Å². The molecule has 0 atom stereocenters. The minimum atomic E-state index is -0.579. The van der Waals surface area contributed by atoms with Gasteiger partial charge < -0.3 is 20.1 Å². The second-order valence-corrected chi connectivity index (χ2v) is 2.02. The lowest BCUT2D eigenvalue weighted by molar-refractivity contribution is -0.150. The van der Waals surface area contributed by atoms with E-state index in [1.807, 2.05) is 0 Å². The van der Waals surface area contributed by atoms with Gasteiger partial charge in [0, 0.05) is 32.0 Å². The summed E-state index contributed by atoms with van der Waals surface area (Å²) in [6, 6.07) is 0. The molecule has 1 aliphatic rings. The molecule has 6 heteroatoms. The number of hydrogen-bond acceptors (Lipinski definition) is 6. The molecule has 0 unspecified atom stereocenters. The molecule has 0 aromatic rings. The van der Waals surface area contributed by atoms with Gasteiger partial charge in [0.1, 0.15) is 0 Å². The van der Waals surface area contributed by atoms with E-state index in [-0.39, 0.29) is 19.8 Å². The molecule has 0 amide bonds. The zero-order chi connectivity index (χ0) is 13.4. The summed E-state index contributed by atoms with van der Waals surface area (Å²) < 4.78 is 3.97. The van der Waals surface area contributed by atoms with Crippen LogP contribution in [-0.4, -0.2) is 47.1 Å². The first kappa shape index (κ1) is 20.2. The van der Waals surface area contributed by atoms with Crippen LogP contribution in [-0.2, 0) is 14.3 Å². The first-order valence-corrected chi connectivity index (χ1v) is 4.80. The van der Waals surface area contributed by atoms with Crippen molar-refractivity contribution < 1.29 is 29.6 Å². The van der Waals surface area contributed by atoms with E-state index in [9.17, 15) is 9.59 Å². The van der Waals surface area contributed by atoms with E-state index >= 15 is 0 Å². The highest BCUT2D eigenvalue weighted by atomic mass is 16.6. The summed E-state index contributed by atoms with van der Waals surface area (Å²) in [5.41, 5.74) is 0. The summed E-state index contributed by atoms with van der Waals surface area (Å²) in [5, 5.41) is 22.7. The Labute approximate surface area is 95.2 Å². The van der Waals surface area contributed by atoms with Crippen LogP contribution >= 0.6 is 0 Å². The van der Waals surface area contributed by atoms with Crippen LogP contribution < -0.4 is 0 Å². The Balaban J connectivity index is -0.000000161. The third kappa shape index (κ3) is 29.3. The number of cyclic esters (lactones) is 2. The molecule has 1 rings (SSSR count). The molecule has 6 nitrogen and oxygen atoms in total. The lowest BCUT2D eigenvalue weighted by Gasteiger charge is -1.80. The first-order valence-electron chi connectivity index (χ1n) is 4.80. The van der Waals surface area contributed by atoms with E-state index < -0.39 is 11.9 Å². The summed E-state index contributed by atoms with van der Waals surface area (Å²) in [5.74, 6) is -1.16. The molecule has 0 fully saturated rings. The standard InChI is InChI=1S/C4H2O3.3C2H6O/c5-3-1-2-4(6)7-3;3*1-2-3/h1-2H;3*3H,2H2,1H3. The molecule has 1 aliphatic heterocycles. The minimum absolute atomic E-state index is 0.250. The molecular weight excluding hydrogens is 216 g/mol. The topological polar surface area (TPSA) is 104 Å². The summed E-state index contributed by atoms with van der Waals surface area (Å²) in [6.45, 7) is 5.79. The van der Waals surface area contributed by atoms with Crippen LogP contribution in [0.4, 0.5) is 0 Å². The van der Waals surface area contributed by atoms with E-state index in [4.69, 9.17) is 15.3 Å². The monoisotopic (exact) mass is 236 g/mol. The van der Waals surface area contributed by atoms with Crippen molar-refractivity contribution in [1.82, 2.24) is 0 Å². The fourth-order valence-electron chi connectivity index (χ4n) is 0.303. The van der Waals surface area contributed by atoms with Gasteiger partial charge >= 0.3 is 11.9 Å². The van der Waals surface area contributed by atoms with E-state index in [2.05, 4.69) is 4.74 Å². The maximum atomic E-state index is 9.92. The molecule has 96 valence electrons. The summed E-state index contributed by atoms with van der Waals surface area (Å²) >= 11 is 0. The Morgan fingerprint density at radius 3 is 1.12 bits per heavy atom. The van der Waals surface area contributed by atoms with Crippen LogP contribution in [0.2, 0.25) is 0 Å². The van der Waals surface area contributed by atoms with Gasteiger partial charge in [-0.3, -0.25) is 0 Å². The third-order valence-electron chi connectivity index (χ3n) is 0.557. The summed E-state index contributed by atoms with van der Waals surface area (Å²) in [4.78, 5) is 19.8. The quantitative estimate of drug-likeness (QED) is 0.391. The Morgan fingerprint density at radius 1 is 0.875 bits per heavy atom. The summed E-state index contributed by atoms with van der Waals surface area (Å²) in [6.07, 6.45) is 2.17. The maximum Gasteiger partial charge on any atom is 0.338 e. The molecular formula is C10H20O6. The van der Waals surface area contributed by atoms with Crippen LogP contribution in [0.1, 0.15) is 20.8 Å². The van der Waals surface area contributed by atoms with Gasteiger partial charge in [0.2, 0.25) is 0 Å². The Morgan fingerprint density at radius 2 is 1.06 bits per heavy atom. The smallest absolute Gasteiger partial charge is 0.338 e. The van der Waals surface area contributed by atoms with E-state index in [1.54, 1.807) is 20.8 Å². The highest BCUT2D eigenvalue weighted by Gasteiger charge is 2.10. The molecule has 16 heavy (non-hydrogen) atoms. The van der Waals surface area contributed by atoms with Crippen molar-refractivity contribution in [3.05, 3.63) is 12.2 Å². The van der Waals surface area contributed by atoms with E-state index in [0.717, 1.165) is 12.2 Å². The van der Waals surface area contributed by atoms with Gasteiger partial charge in [-0.1, -0.05) is 0 Å². The summed E-state index contributed by atoms with van der Waals surface area (Å²) in [7, 11) is 0. The number of ether oxygens (including phenoxy) is 1. The van der Waals surface area contributed by atoms with Gasteiger partial charge in [-0.2, -0.15) is 0 Å². The van der Waals surface area contributed by atoms with Gasteiger partial charge in [0.05, 0.1) is 0 Å².